The van der Waals surface area contributed by atoms with Crippen LogP contribution in [0.3, 0.4) is 0 Å². The van der Waals surface area contributed by atoms with Gasteiger partial charge in [0.25, 0.3) is 11.8 Å². The summed E-state index contributed by atoms with van der Waals surface area (Å²) in [5.74, 6) is -0.175. The molecule has 23 heavy (non-hydrogen) atoms. The summed E-state index contributed by atoms with van der Waals surface area (Å²) in [5, 5.41) is 5.06. The summed E-state index contributed by atoms with van der Waals surface area (Å²) >= 11 is 0. The summed E-state index contributed by atoms with van der Waals surface area (Å²) in [6, 6.07) is 5.31. The molecule has 2 amide bonds. The minimum absolute atomic E-state index is 0.193. The number of hydrazone groups is 1. The summed E-state index contributed by atoms with van der Waals surface area (Å²) in [6.07, 6.45) is 4.58. The van der Waals surface area contributed by atoms with Crippen LogP contribution in [0.25, 0.3) is 0 Å². The SMILES string of the molecule is O=C1[C@@H]2[C@H](C(=O)N1/N=C/c1ccc3c(c1)OCO3)[C@@H]1C=C[C@@H]2O1. The molecule has 0 saturated carbocycles. The molecule has 2 bridgehead atoms. The van der Waals surface area contributed by atoms with Crippen molar-refractivity contribution in [2.75, 3.05) is 6.79 Å². The summed E-state index contributed by atoms with van der Waals surface area (Å²) in [6.45, 7) is 0.193. The van der Waals surface area contributed by atoms with E-state index in [0.717, 1.165) is 10.6 Å². The first-order chi connectivity index (χ1) is 11.2. The molecule has 116 valence electrons. The van der Waals surface area contributed by atoms with Crippen molar-refractivity contribution < 1.29 is 23.8 Å². The number of nitrogens with zero attached hydrogens (tertiary/aromatic N) is 2. The first-order valence-electron chi connectivity index (χ1n) is 7.37. The number of amides is 2. The van der Waals surface area contributed by atoms with Crippen LogP contribution in [0, 0.1) is 11.8 Å². The first kappa shape index (κ1) is 12.8. The van der Waals surface area contributed by atoms with Gasteiger partial charge in [-0.05, 0) is 23.8 Å². The van der Waals surface area contributed by atoms with Crippen molar-refractivity contribution in [3.63, 3.8) is 0 Å². The van der Waals surface area contributed by atoms with E-state index in [1.807, 2.05) is 12.2 Å². The molecular weight excluding hydrogens is 300 g/mol. The van der Waals surface area contributed by atoms with Gasteiger partial charge in [-0.25, -0.2) is 0 Å². The number of ether oxygens (including phenoxy) is 3. The van der Waals surface area contributed by atoms with Crippen molar-refractivity contribution in [2.24, 2.45) is 16.9 Å². The molecule has 2 saturated heterocycles. The standard InChI is InChI=1S/C16H12N2O5/c19-15-13-10-3-4-11(23-10)14(13)16(20)18(15)17-6-8-1-2-9-12(5-8)22-7-21-9/h1-6,10-11,13-14H,7H2/b17-6+/t10-,11-,13-,14+/m0/s1. The quantitative estimate of drug-likeness (QED) is 0.456. The fourth-order valence-corrected chi connectivity index (χ4v) is 3.52. The van der Waals surface area contributed by atoms with Crippen molar-refractivity contribution >= 4 is 18.0 Å². The highest BCUT2D eigenvalue weighted by molar-refractivity contribution is 6.07. The maximum atomic E-state index is 12.4. The molecule has 0 unspecified atom stereocenters. The monoisotopic (exact) mass is 312 g/mol. The van der Waals surface area contributed by atoms with Crippen LogP contribution >= 0.6 is 0 Å². The van der Waals surface area contributed by atoms with E-state index >= 15 is 0 Å². The van der Waals surface area contributed by atoms with Crippen molar-refractivity contribution in [3.8, 4) is 11.5 Å². The van der Waals surface area contributed by atoms with Gasteiger partial charge in [0.05, 0.1) is 30.3 Å². The molecule has 0 aromatic heterocycles. The van der Waals surface area contributed by atoms with E-state index < -0.39 is 11.8 Å². The van der Waals surface area contributed by atoms with Gasteiger partial charge in [-0.3, -0.25) is 9.59 Å². The zero-order valence-electron chi connectivity index (χ0n) is 11.9. The number of carbonyl (C=O) groups is 2. The van der Waals surface area contributed by atoms with Crippen LogP contribution in [-0.2, 0) is 14.3 Å². The van der Waals surface area contributed by atoms with Gasteiger partial charge >= 0.3 is 0 Å². The maximum Gasteiger partial charge on any atom is 0.256 e. The lowest BCUT2D eigenvalue weighted by Gasteiger charge is -2.11. The molecule has 2 fully saturated rings. The van der Waals surface area contributed by atoms with Crippen LogP contribution in [0.5, 0.6) is 11.5 Å². The molecule has 0 N–H and O–H groups in total. The summed E-state index contributed by atoms with van der Waals surface area (Å²) < 4.78 is 16.1. The highest BCUT2D eigenvalue weighted by Gasteiger charge is 2.61. The average molecular weight is 312 g/mol. The molecule has 0 radical (unpaired) electrons. The Morgan fingerprint density at radius 2 is 1.74 bits per heavy atom. The largest absolute Gasteiger partial charge is 0.454 e. The molecule has 0 aliphatic carbocycles. The van der Waals surface area contributed by atoms with Crippen molar-refractivity contribution in [1.82, 2.24) is 5.01 Å². The molecular formula is C16H12N2O5. The second kappa shape index (κ2) is 4.42. The summed E-state index contributed by atoms with van der Waals surface area (Å²) in [4.78, 5) is 24.9. The molecule has 7 nitrogen and oxygen atoms in total. The Kier molecular flexibility index (Phi) is 2.47. The Morgan fingerprint density at radius 1 is 1.04 bits per heavy atom. The second-order valence-electron chi connectivity index (χ2n) is 5.85. The molecule has 4 heterocycles. The lowest BCUT2D eigenvalue weighted by Crippen LogP contribution is -2.30. The van der Waals surface area contributed by atoms with E-state index in [4.69, 9.17) is 14.2 Å². The van der Waals surface area contributed by atoms with Gasteiger partial charge in [0.1, 0.15) is 0 Å². The predicted molar refractivity (Wildman–Crippen MR) is 76.8 cm³/mol. The number of fused-ring (bicyclic) bond motifs is 6. The molecule has 0 spiro atoms. The number of carbonyl (C=O) groups excluding carboxylic acids is 2. The minimum Gasteiger partial charge on any atom is -0.454 e. The van der Waals surface area contributed by atoms with E-state index in [9.17, 15) is 9.59 Å². The van der Waals surface area contributed by atoms with E-state index in [0.29, 0.717) is 11.5 Å². The van der Waals surface area contributed by atoms with Crippen molar-refractivity contribution in [3.05, 3.63) is 35.9 Å². The minimum atomic E-state index is -0.439. The maximum absolute atomic E-state index is 12.4. The van der Waals surface area contributed by atoms with E-state index in [-0.39, 0.29) is 30.8 Å². The highest BCUT2D eigenvalue weighted by atomic mass is 16.7. The van der Waals surface area contributed by atoms with Crippen LogP contribution in [0.2, 0.25) is 0 Å². The third kappa shape index (κ3) is 1.71. The van der Waals surface area contributed by atoms with Crippen LogP contribution in [-0.4, -0.2) is 42.0 Å². The Hall–Kier alpha value is -2.67. The van der Waals surface area contributed by atoms with Gasteiger partial charge in [0.15, 0.2) is 11.5 Å². The number of hydrogen-bond donors (Lipinski definition) is 0. The second-order valence-corrected chi connectivity index (χ2v) is 5.85. The van der Waals surface area contributed by atoms with E-state index in [1.54, 1.807) is 18.2 Å². The normalized spacial score (nSPS) is 33.3. The van der Waals surface area contributed by atoms with Gasteiger partial charge in [-0.1, -0.05) is 12.2 Å². The lowest BCUT2D eigenvalue weighted by atomic mass is 9.85. The molecule has 1 aromatic carbocycles. The predicted octanol–water partition coefficient (Wildman–Crippen LogP) is 0.688. The van der Waals surface area contributed by atoms with Gasteiger partial charge in [0.2, 0.25) is 6.79 Å². The Bertz CT molecular complexity index is 757. The van der Waals surface area contributed by atoms with Crippen molar-refractivity contribution in [1.29, 1.82) is 0 Å². The number of hydrogen-bond acceptors (Lipinski definition) is 6. The van der Waals surface area contributed by atoms with Crippen LogP contribution in [0.15, 0.2) is 35.5 Å². The lowest BCUT2D eigenvalue weighted by molar-refractivity contribution is -0.142. The topological polar surface area (TPSA) is 77.4 Å². The van der Waals surface area contributed by atoms with Gasteiger partial charge < -0.3 is 14.2 Å². The number of imide groups is 1. The fourth-order valence-electron chi connectivity index (χ4n) is 3.52. The van der Waals surface area contributed by atoms with Crippen LogP contribution < -0.4 is 9.47 Å². The first-order valence-corrected chi connectivity index (χ1v) is 7.37. The molecule has 5 rings (SSSR count). The molecule has 4 aliphatic heterocycles. The average Bonchev–Trinajstić information content (AvgIpc) is 3.30. The van der Waals surface area contributed by atoms with Gasteiger partial charge in [-0.15, -0.1) is 0 Å². The third-order valence-corrected chi connectivity index (χ3v) is 4.61. The third-order valence-electron chi connectivity index (χ3n) is 4.61. The number of rotatable bonds is 2. The Morgan fingerprint density at radius 3 is 2.48 bits per heavy atom. The molecule has 1 aromatic rings. The smallest absolute Gasteiger partial charge is 0.256 e. The Labute approximate surface area is 131 Å². The van der Waals surface area contributed by atoms with E-state index in [1.165, 1.54) is 6.21 Å². The zero-order valence-corrected chi connectivity index (χ0v) is 11.9. The zero-order chi connectivity index (χ0) is 15.6. The number of benzene rings is 1. The van der Waals surface area contributed by atoms with Crippen LogP contribution in [0.4, 0.5) is 0 Å². The van der Waals surface area contributed by atoms with Gasteiger partial charge in [-0.2, -0.15) is 10.1 Å². The summed E-state index contributed by atoms with van der Waals surface area (Å²) in [7, 11) is 0. The molecule has 7 heteroatoms. The highest BCUT2D eigenvalue weighted by Crippen LogP contribution is 2.45. The molecule has 4 aliphatic rings. The van der Waals surface area contributed by atoms with Crippen molar-refractivity contribution in [2.45, 2.75) is 12.2 Å². The Balaban J connectivity index is 1.41. The van der Waals surface area contributed by atoms with Crippen LogP contribution in [0.1, 0.15) is 5.56 Å². The summed E-state index contributed by atoms with van der Waals surface area (Å²) in [5.41, 5.74) is 0.726. The molecule has 4 atom stereocenters. The van der Waals surface area contributed by atoms with E-state index in [2.05, 4.69) is 5.10 Å². The van der Waals surface area contributed by atoms with Gasteiger partial charge in [0, 0.05) is 0 Å². The fraction of sp³-hybridized carbons (Fsp3) is 0.312.